The Bertz CT molecular complexity index is 1140. The van der Waals surface area contributed by atoms with Crippen molar-refractivity contribution >= 4 is 39.2 Å². The fraction of sp³-hybridized carbons (Fsp3) is 0.0870. The molecule has 0 heterocycles. The van der Waals surface area contributed by atoms with E-state index in [9.17, 15) is 18.3 Å². The topological polar surface area (TPSA) is 117 Å². The van der Waals surface area contributed by atoms with Crippen LogP contribution in [0.5, 0.6) is 0 Å². The first kappa shape index (κ1) is 25.9. The number of anilines is 2. The molecule has 0 saturated carbocycles. The van der Waals surface area contributed by atoms with E-state index in [1.54, 1.807) is 42.5 Å². The van der Waals surface area contributed by atoms with E-state index in [1.807, 2.05) is 18.2 Å². The number of carbonyl (C=O) groups is 1. The third-order valence-electron chi connectivity index (χ3n) is 3.82. The predicted octanol–water partition coefficient (Wildman–Crippen LogP) is 4.23. The SMILES string of the molecule is CC(=O)C(=CC=CC=CC(=C(C)[O-])S(=O)(=O)Nc1ccccc1)SOONc1ccccc1. The van der Waals surface area contributed by atoms with Crippen molar-refractivity contribution in [3.63, 3.8) is 0 Å². The van der Waals surface area contributed by atoms with Crippen LogP contribution in [0.4, 0.5) is 11.4 Å². The second kappa shape index (κ2) is 13.3. The van der Waals surface area contributed by atoms with Crippen LogP contribution < -0.4 is 15.3 Å². The minimum absolute atomic E-state index is 0.239. The zero-order valence-electron chi connectivity index (χ0n) is 17.9. The molecule has 0 aromatic heterocycles. The Kier molecular flexibility index (Phi) is 10.4. The Hall–Kier alpha value is -3.31. The lowest BCUT2D eigenvalue weighted by Crippen LogP contribution is -2.18. The number of carbonyl (C=O) groups excluding carboxylic acids is 1. The first-order chi connectivity index (χ1) is 15.8. The van der Waals surface area contributed by atoms with Gasteiger partial charge in [0.05, 0.1) is 27.5 Å². The molecule has 2 aromatic rings. The van der Waals surface area contributed by atoms with Crippen molar-refractivity contribution < 1.29 is 27.6 Å². The Morgan fingerprint density at radius 1 is 0.939 bits per heavy atom. The Balaban J connectivity index is 1.96. The molecule has 0 atom stereocenters. The van der Waals surface area contributed by atoms with E-state index in [0.717, 1.165) is 0 Å². The van der Waals surface area contributed by atoms with Gasteiger partial charge in [-0.2, -0.15) is 0 Å². The molecule has 8 nitrogen and oxygen atoms in total. The average Bonchev–Trinajstić information content (AvgIpc) is 2.77. The van der Waals surface area contributed by atoms with Gasteiger partial charge in [0.15, 0.2) is 5.78 Å². The second-order valence-electron chi connectivity index (χ2n) is 6.43. The molecular formula is C23H23N2O6S2-. The van der Waals surface area contributed by atoms with Crippen LogP contribution in [-0.2, 0) is 24.1 Å². The molecule has 2 rings (SSSR count). The van der Waals surface area contributed by atoms with E-state index in [2.05, 4.69) is 10.2 Å². The van der Waals surface area contributed by atoms with Crippen molar-refractivity contribution in [3.05, 3.63) is 107 Å². The highest BCUT2D eigenvalue weighted by Gasteiger charge is 2.14. The van der Waals surface area contributed by atoms with Crippen LogP contribution in [0.1, 0.15) is 13.8 Å². The fourth-order valence-electron chi connectivity index (χ4n) is 2.29. The summed E-state index contributed by atoms with van der Waals surface area (Å²) in [6, 6.07) is 17.3. The van der Waals surface area contributed by atoms with Crippen LogP contribution in [0, 0.1) is 0 Å². The zero-order valence-corrected chi connectivity index (χ0v) is 19.6. The van der Waals surface area contributed by atoms with E-state index in [1.165, 1.54) is 44.2 Å². The number of para-hydroxylation sites is 2. The maximum Gasteiger partial charge on any atom is 0.260 e. The highest BCUT2D eigenvalue weighted by Crippen LogP contribution is 2.19. The molecule has 2 aromatic carbocycles. The maximum absolute atomic E-state index is 12.5. The molecule has 0 saturated heterocycles. The molecular weight excluding hydrogens is 464 g/mol. The van der Waals surface area contributed by atoms with Gasteiger partial charge in [0.2, 0.25) is 0 Å². The number of allylic oxidation sites excluding steroid dienone is 7. The van der Waals surface area contributed by atoms with E-state index in [0.29, 0.717) is 23.4 Å². The number of nitrogens with one attached hydrogen (secondary N) is 2. The molecule has 0 aliphatic carbocycles. The normalized spacial score (nSPS) is 13.2. The number of ketones is 1. The summed E-state index contributed by atoms with van der Waals surface area (Å²) in [5.74, 6) is -0.877. The minimum atomic E-state index is -4.05. The summed E-state index contributed by atoms with van der Waals surface area (Å²) in [6.07, 6.45) is 7.01. The van der Waals surface area contributed by atoms with Crippen molar-refractivity contribution in [3.8, 4) is 0 Å². The quantitative estimate of drug-likeness (QED) is 0.0869. The number of benzene rings is 2. The molecule has 2 N–H and O–H groups in total. The predicted molar refractivity (Wildman–Crippen MR) is 129 cm³/mol. The molecule has 0 aliphatic heterocycles. The number of rotatable bonds is 12. The van der Waals surface area contributed by atoms with Gasteiger partial charge in [-0.1, -0.05) is 61.5 Å². The van der Waals surface area contributed by atoms with Crippen molar-refractivity contribution in [2.75, 3.05) is 10.2 Å². The average molecular weight is 488 g/mol. The van der Waals surface area contributed by atoms with Crippen LogP contribution in [0.3, 0.4) is 0 Å². The van der Waals surface area contributed by atoms with Gasteiger partial charge in [-0.15, -0.1) is 15.1 Å². The number of sulfonamides is 1. The van der Waals surface area contributed by atoms with Crippen molar-refractivity contribution in [2.45, 2.75) is 13.8 Å². The van der Waals surface area contributed by atoms with Crippen molar-refractivity contribution in [2.24, 2.45) is 0 Å². The summed E-state index contributed by atoms with van der Waals surface area (Å²) < 4.78 is 32.3. The first-order valence-electron chi connectivity index (χ1n) is 9.62. The van der Waals surface area contributed by atoms with Crippen LogP contribution in [0.15, 0.2) is 107 Å². The monoisotopic (exact) mass is 487 g/mol. The van der Waals surface area contributed by atoms with Crippen LogP contribution in [0.25, 0.3) is 0 Å². The zero-order chi connectivity index (χ0) is 24.1. The number of hydrogen-bond acceptors (Lipinski definition) is 8. The molecule has 0 fully saturated rings. The summed E-state index contributed by atoms with van der Waals surface area (Å²) >= 11 is 0.710. The van der Waals surface area contributed by atoms with E-state index in [4.69, 9.17) is 9.32 Å². The molecule has 0 unspecified atom stereocenters. The van der Waals surface area contributed by atoms with E-state index in [-0.39, 0.29) is 10.7 Å². The van der Waals surface area contributed by atoms with Crippen molar-refractivity contribution in [1.29, 1.82) is 0 Å². The first-order valence-corrected chi connectivity index (χ1v) is 11.8. The van der Waals surface area contributed by atoms with Crippen LogP contribution in [0.2, 0.25) is 0 Å². The van der Waals surface area contributed by atoms with Gasteiger partial charge in [-0.25, -0.2) is 13.9 Å². The van der Waals surface area contributed by atoms with Gasteiger partial charge in [0.25, 0.3) is 10.0 Å². The second-order valence-corrected chi connectivity index (χ2v) is 8.82. The third-order valence-corrected chi connectivity index (χ3v) is 6.06. The Morgan fingerprint density at radius 3 is 2.12 bits per heavy atom. The smallest absolute Gasteiger partial charge is 0.260 e. The molecule has 0 bridgehead atoms. The van der Waals surface area contributed by atoms with E-state index >= 15 is 0 Å². The highest BCUT2D eigenvalue weighted by molar-refractivity contribution is 7.99. The molecule has 10 heteroatoms. The Morgan fingerprint density at radius 2 is 1.55 bits per heavy atom. The summed E-state index contributed by atoms with van der Waals surface area (Å²) in [7, 11) is -4.05. The summed E-state index contributed by atoms with van der Waals surface area (Å²) in [5, 5.41) is 11.9. The molecule has 0 amide bonds. The number of hydrogen-bond donors (Lipinski definition) is 2. The standard InChI is InChI=1S/C23H24N2O6S2/c1-18(26)22(32-31-30-24-20-12-6-3-7-13-20)16-10-5-11-17-23(19(2)27)33(28,29)25-21-14-8-4-9-15-21/h3-17,24-25,27H,1-2H3/p-1. The van der Waals surface area contributed by atoms with Crippen LogP contribution in [-0.4, -0.2) is 14.2 Å². The van der Waals surface area contributed by atoms with Gasteiger partial charge in [-0.3, -0.25) is 9.52 Å². The highest BCUT2D eigenvalue weighted by atomic mass is 32.2. The lowest BCUT2D eigenvalue weighted by Gasteiger charge is -2.14. The van der Waals surface area contributed by atoms with Gasteiger partial charge >= 0.3 is 0 Å². The maximum atomic E-state index is 12.5. The van der Waals surface area contributed by atoms with Crippen molar-refractivity contribution in [1.82, 2.24) is 0 Å². The van der Waals surface area contributed by atoms with Gasteiger partial charge in [0, 0.05) is 5.69 Å². The minimum Gasteiger partial charge on any atom is -0.875 e. The third kappa shape index (κ3) is 9.38. The molecule has 0 radical (unpaired) electrons. The van der Waals surface area contributed by atoms with Crippen LogP contribution >= 0.6 is 12.0 Å². The van der Waals surface area contributed by atoms with E-state index < -0.39 is 20.7 Å². The van der Waals surface area contributed by atoms with Gasteiger partial charge in [-0.05, 0) is 43.3 Å². The fourth-order valence-corrected chi connectivity index (χ4v) is 3.88. The lowest BCUT2D eigenvalue weighted by molar-refractivity contribution is -0.302. The van der Waals surface area contributed by atoms with Gasteiger partial charge < -0.3 is 5.11 Å². The summed E-state index contributed by atoms with van der Waals surface area (Å²) in [5.41, 5.74) is 3.58. The molecule has 0 aliphatic rings. The summed E-state index contributed by atoms with van der Waals surface area (Å²) in [4.78, 5) is 16.4. The summed E-state index contributed by atoms with van der Waals surface area (Å²) in [6.45, 7) is 2.53. The largest absolute Gasteiger partial charge is 0.875 e. The molecule has 174 valence electrons. The van der Waals surface area contributed by atoms with Gasteiger partial charge in [0.1, 0.15) is 0 Å². The number of Topliss-reactive ketones (excluding diaryl/α,β-unsaturated/α-hetero) is 1. The lowest BCUT2D eigenvalue weighted by atomic mass is 10.3. The molecule has 0 spiro atoms. The Labute approximate surface area is 197 Å². The molecule has 33 heavy (non-hydrogen) atoms.